The van der Waals surface area contributed by atoms with Gasteiger partial charge in [0, 0.05) is 16.0 Å². The smallest absolute Gasteiger partial charge is 0.111 e. The molecule has 0 N–H and O–H groups in total. The van der Waals surface area contributed by atoms with E-state index < -0.39 is 0 Å². The van der Waals surface area contributed by atoms with Gasteiger partial charge in [-0.25, -0.2) is 0 Å². The van der Waals surface area contributed by atoms with E-state index in [1.54, 1.807) is 0 Å². The van der Waals surface area contributed by atoms with Crippen molar-refractivity contribution in [3.8, 4) is 0 Å². The van der Waals surface area contributed by atoms with Crippen LogP contribution in [0.3, 0.4) is 0 Å². The molecule has 0 radical (unpaired) electrons. The van der Waals surface area contributed by atoms with Crippen molar-refractivity contribution in [3.63, 3.8) is 0 Å². The second-order valence-electron chi connectivity index (χ2n) is 4.19. The first-order valence-corrected chi connectivity index (χ1v) is 8.67. The van der Waals surface area contributed by atoms with Crippen molar-refractivity contribution >= 4 is 39.5 Å². The van der Waals surface area contributed by atoms with Crippen LogP contribution in [0.4, 0.5) is 0 Å². The van der Waals surface area contributed by atoms with Crippen LogP contribution in [-0.2, 0) is 4.08 Å². The molecule has 0 amide bonds. The maximum Gasteiger partial charge on any atom is 0.111 e. The molecule has 2 aromatic rings. The van der Waals surface area contributed by atoms with Crippen molar-refractivity contribution in [2.75, 3.05) is 11.5 Å². The summed E-state index contributed by atoms with van der Waals surface area (Å²) < 4.78 is 1.23. The molecule has 2 aromatic carbocycles. The third-order valence-corrected chi connectivity index (χ3v) is 7.14. The van der Waals surface area contributed by atoms with Crippen molar-refractivity contribution < 1.29 is 0 Å². The van der Waals surface area contributed by atoms with Gasteiger partial charge in [0.2, 0.25) is 0 Å². The first kappa shape index (κ1) is 12.6. The van der Waals surface area contributed by atoms with Crippen LogP contribution in [-0.4, -0.2) is 11.5 Å². The fourth-order valence-corrected chi connectivity index (χ4v) is 5.79. The lowest BCUT2D eigenvalue weighted by atomic mass is 10.0. The minimum absolute atomic E-state index is 0.0853. The predicted octanol–water partition coefficient (Wildman–Crippen LogP) is 5.13. The largest absolute Gasteiger partial charge is 0.134 e. The van der Waals surface area contributed by atoms with E-state index in [0.717, 1.165) is 4.47 Å². The van der Waals surface area contributed by atoms with E-state index in [-0.39, 0.29) is 4.08 Å². The Bertz CT molecular complexity index is 516. The fourth-order valence-electron chi connectivity index (χ4n) is 2.24. The second-order valence-corrected chi connectivity index (χ2v) is 7.98. The van der Waals surface area contributed by atoms with E-state index >= 15 is 0 Å². The fraction of sp³-hybridized carbons (Fsp3) is 0.200. The van der Waals surface area contributed by atoms with Gasteiger partial charge in [0.05, 0.1) is 0 Å². The Kier molecular flexibility index (Phi) is 3.73. The molecule has 92 valence electrons. The highest BCUT2D eigenvalue weighted by atomic mass is 79.9. The van der Waals surface area contributed by atoms with Gasteiger partial charge in [-0.3, -0.25) is 0 Å². The van der Waals surface area contributed by atoms with Gasteiger partial charge < -0.3 is 0 Å². The van der Waals surface area contributed by atoms with Crippen LogP contribution in [0.5, 0.6) is 0 Å². The average Bonchev–Trinajstić information content (AvgIpc) is 2.91. The summed E-state index contributed by atoms with van der Waals surface area (Å²) in [5.41, 5.74) is 2.80. The van der Waals surface area contributed by atoms with E-state index in [1.165, 1.54) is 22.6 Å². The highest BCUT2D eigenvalue weighted by Gasteiger charge is 2.38. The van der Waals surface area contributed by atoms with Crippen molar-refractivity contribution in [2.24, 2.45) is 0 Å². The number of benzene rings is 2. The molecule has 0 atom stereocenters. The molecule has 0 spiro atoms. The monoisotopic (exact) mass is 336 g/mol. The molecule has 18 heavy (non-hydrogen) atoms. The van der Waals surface area contributed by atoms with Crippen LogP contribution in [0.15, 0.2) is 59.1 Å². The lowest BCUT2D eigenvalue weighted by Gasteiger charge is -2.28. The molecular formula is C15H13BrS2. The average molecular weight is 337 g/mol. The van der Waals surface area contributed by atoms with Gasteiger partial charge in [-0.1, -0.05) is 58.4 Å². The SMILES string of the molecule is Brc1ccc(C2(c3ccccc3)SCCS2)cc1. The van der Waals surface area contributed by atoms with Gasteiger partial charge in [0.25, 0.3) is 0 Å². The Labute approximate surface area is 125 Å². The molecule has 0 saturated carbocycles. The summed E-state index contributed by atoms with van der Waals surface area (Å²) in [4.78, 5) is 0. The summed E-state index contributed by atoms with van der Waals surface area (Å²) in [7, 11) is 0. The Morgan fingerprint density at radius 2 is 1.33 bits per heavy atom. The molecule has 3 heteroatoms. The summed E-state index contributed by atoms with van der Waals surface area (Å²) in [6.45, 7) is 0. The number of thioether (sulfide) groups is 2. The molecule has 0 unspecified atom stereocenters. The minimum Gasteiger partial charge on any atom is -0.134 e. The first-order valence-electron chi connectivity index (χ1n) is 5.91. The van der Waals surface area contributed by atoms with Gasteiger partial charge in [-0.2, -0.15) is 0 Å². The lowest BCUT2D eigenvalue weighted by molar-refractivity contribution is 1.08. The highest BCUT2D eigenvalue weighted by molar-refractivity contribution is 9.10. The van der Waals surface area contributed by atoms with Crippen LogP contribution in [0, 0.1) is 0 Å². The molecule has 1 aliphatic rings. The highest BCUT2D eigenvalue weighted by Crippen LogP contribution is 2.56. The summed E-state index contributed by atoms with van der Waals surface area (Å²) in [6.07, 6.45) is 0. The quantitative estimate of drug-likeness (QED) is 0.745. The number of halogens is 1. The molecule has 0 aromatic heterocycles. The standard InChI is InChI=1S/C15H13BrS2/c16-14-8-6-13(7-9-14)15(17-10-11-18-15)12-4-2-1-3-5-12/h1-9H,10-11H2. The Balaban J connectivity index is 2.10. The van der Waals surface area contributed by atoms with Crippen LogP contribution in [0.1, 0.15) is 11.1 Å². The topological polar surface area (TPSA) is 0 Å². The van der Waals surface area contributed by atoms with E-state index in [1.807, 2.05) is 23.5 Å². The van der Waals surface area contributed by atoms with E-state index in [4.69, 9.17) is 0 Å². The van der Waals surface area contributed by atoms with Crippen molar-refractivity contribution in [1.29, 1.82) is 0 Å². The summed E-state index contributed by atoms with van der Waals surface area (Å²) >= 11 is 7.61. The van der Waals surface area contributed by atoms with Crippen molar-refractivity contribution in [1.82, 2.24) is 0 Å². The number of rotatable bonds is 2. The molecule has 1 aliphatic heterocycles. The van der Waals surface area contributed by atoms with Crippen molar-refractivity contribution in [3.05, 3.63) is 70.2 Å². The molecule has 1 heterocycles. The first-order chi connectivity index (χ1) is 8.81. The van der Waals surface area contributed by atoms with Crippen LogP contribution < -0.4 is 0 Å². The maximum atomic E-state index is 3.51. The second kappa shape index (κ2) is 5.32. The summed E-state index contributed by atoms with van der Waals surface area (Å²) in [5, 5.41) is 0. The number of hydrogen-bond donors (Lipinski definition) is 0. The van der Waals surface area contributed by atoms with Crippen LogP contribution in [0.25, 0.3) is 0 Å². The third-order valence-electron chi connectivity index (χ3n) is 3.07. The minimum atomic E-state index is 0.0853. The van der Waals surface area contributed by atoms with Gasteiger partial charge >= 0.3 is 0 Å². The molecule has 3 rings (SSSR count). The summed E-state index contributed by atoms with van der Waals surface area (Å²) in [6, 6.07) is 19.6. The molecule has 0 bridgehead atoms. The molecule has 1 saturated heterocycles. The Hall–Kier alpha value is -0.380. The zero-order valence-corrected chi connectivity index (χ0v) is 13.0. The van der Waals surface area contributed by atoms with Crippen LogP contribution in [0.2, 0.25) is 0 Å². The van der Waals surface area contributed by atoms with E-state index in [0.29, 0.717) is 0 Å². The number of hydrogen-bond acceptors (Lipinski definition) is 2. The van der Waals surface area contributed by atoms with Crippen LogP contribution >= 0.6 is 39.5 Å². The molecular weight excluding hydrogens is 324 g/mol. The molecule has 0 aliphatic carbocycles. The molecule has 0 nitrogen and oxygen atoms in total. The third kappa shape index (κ3) is 2.24. The zero-order chi connectivity index (χ0) is 12.4. The Morgan fingerprint density at radius 3 is 1.94 bits per heavy atom. The normalized spacial score (nSPS) is 17.8. The molecule has 1 fully saturated rings. The predicted molar refractivity (Wildman–Crippen MR) is 86.3 cm³/mol. The maximum absolute atomic E-state index is 3.51. The van der Waals surface area contributed by atoms with Gasteiger partial charge in [-0.15, -0.1) is 23.5 Å². The lowest BCUT2D eigenvalue weighted by Crippen LogP contribution is -2.16. The Morgan fingerprint density at radius 1 is 0.778 bits per heavy atom. The zero-order valence-electron chi connectivity index (χ0n) is 9.80. The van der Waals surface area contributed by atoms with Crippen molar-refractivity contribution in [2.45, 2.75) is 4.08 Å². The van der Waals surface area contributed by atoms with Gasteiger partial charge in [-0.05, 0) is 23.3 Å². The summed E-state index contributed by atoms with van der Waals surface area (Å²) in [5.74, 6) is 2.44. The van der Waals surface area contributed by atoms with Gasteiger partial charge in [0.1, 0.15) is 4.08 Å². The van der Waals surface area contributed by atoms with E-state index in [9.17, 15) is 0 Å². The van der Waals surface area contributed by atoms with E-state index in [2.05, 4.69) is 70.5 Å². The van der Waals surface area contributed by atoms with Gasteiger partial charge in [0.15, 0.2) is 0 Å².